The Balaban J connectivity index is 0.00000120. The van der Waals surface area contributed by atoms with Gasteiger partial charge in [-0.25, -0.2) is 0 Å². The lowest BCUT2D eigenvalue weighted by Gasteiger charge is -2.30. The molecule has 0 unspecified atom stereocenters. The summed E-state index contributed by atoms with van der Waals surface area (Å²) < 4.78 is 6.21. The smallest absolute Gasteiger partial charge is 0.226 e. The normalized spacial score (nSPS) is 21.2. The molecule has 2 aliphatic heterocycles. The van der Waals surface area contributed by atoms with E-state index in [1.54, 1.807) is 11.8 Å². The van der Waals surface area contributed by atoms with Crippen molar-refractivity contribution in [3.63, 3.8) is 0 Å². The van der Waals surface area contributed by atoms with Crippen molar-refractivity contribution in [3.8, 4) is 0 Å². The molecule has 0 amide bonds. The lowest BCUT2D eigenvalue weighted by Crippen LogP contribution is -3.00. The first-order valence-electron chi connectivity index (χ1n) is 5.85. The highest BCUT2D eigenvalue weighted by molar-refractivity contribution is 8.14. The predicted octanol–water partition coefficient (Wildman–Crippen LogP) is -1.08. The molecule has 18 heavy (non-hydrogen) atoms. The molecule has 0 aromatic heterocycles. The second-order valence-electron chi connectivity index (χ2n) is 4.32. The Hall–Kier alpha value is -0.310. The molecular formula is C12H16IN3OS. The highest BCUT2D eigenvalue weighted by Gasteiger charge is 2.37. The molecule has 1 spiro atoms. The maximum absolute atomic E-state index is 5.40. The highest BCUT2D eigenvalue weighted by Crippen LogP contribution is 2.27. The molecule has 1 saturated heterocycles. The standard InChI is InChI=1S/C12H16N3OS.HI/c1-2-4-11(5-3-1)13-12-14-15(10-17-12)6-8-16-9-7-15;/h1-5H,6-10H2,(H,13,14);1H/q+1;/p-1. The van der Waals surface area contributed by atoms with Crippen molar-refractivity contribution in [3.05, 3.63) is 30.3 Å². The number of hydrogen-bond acceptors (Lipinski definition) is 4. The zero-order valence-electron chi connectivity index (χ0n) is 10.0. The quantitative estimate of drug-likeness (QED) is 0.500. The number of halogens is 1. The minimum Gasteiger partial charge on any atom is -1.00 e. The van der Waals surface area contributed by atoms with Crippen molar-refractivity contribution in [1.82, 2.24) is 0 Å². The number of rotatable bonds is 1. The van der Waals surface area contributed by atoms with E-state index in [1.165, 1.54) is 0 Å². The van der Waals surface area contributed by atoms with Gasteiger partial charge in [0, 0.05) is 5.69 Å². The minimum atomic E-state index is 0. The van der Waals surface area contributed by atoms with Gasteiger partial charge in [0.15, 0.2) is 5.88 Å². The fourth-order valence-electron chi connectivity index (χ4n) is 2.05. The Bertz CT molecular complexity index is 421. The van der Waals surface area contributed by atoms with Crippen molar-refractivity contribution in [2.45, 2.75) is 0 Å². The van der Waals surface area contributed by atoms with Crippen molar-refractivity contribution in [1.29, 1.82) is 0 Å². The largest absolute Gasteiger partial charge is 1.00 e. The monoisotopic (exact) mass is 377 g/mol. The zero-order valence-corrected chi connectivity index (χ0v) is 13.0. The van der Waals surface area contributed by atoms with Crippen molar-refractivity contribution >= 4 is 22.6 Å². The second kappa shape index (κ2) is 6.23. The van der Waals surface area contributed by atoms with Crippen LogP contribution < -0.4 is 29.3 Å². The molecule has 0 aliphatic carbocycles. The van der Waals surface area contributed by atoms with Crippen LogP contribution in [0.15, 0.2) is 35.4 Å². The van der Waals surface area contributed by atoms with Gasteiger partial charge in [0.2, 0.25) is 5.17 Å². The summed E-state index contributed by atoms with van der Waals surface area (Å²) in [5.74, 6) is 1.03. The average molecular weight is 377 g/mol. The lowest BCUT2D eigenvalue weighted by molar-refractivity contribution is -0.927. The summed E-state index contributed by atoms with van der Waals surface area (Å²) in [6.45, 7) is 3.63. The maximum atomic E-state index is 5.40. The molecule has 0 bridgehead atoms. The minimum absolute atomic E-state index is 0. The van der Waals surface area contributed by atoms with Crippen LogP contribution in [0.3, 0.4) is 0 Å². The summed E-state index contributed by atoms with van der Waals surface area (Å²) in [7, 11) is 0. The molecule has 2 aliphatic rings. The van der Waals surface area contributed by atoms with Gasteiger partial charge in [0.05, 0.1) is 13.2 Å². The van der Waals surface area contributed by atoms with E-state index < -0.39 is 0 Å². The average Bonchev–Trinajstić information content (AvgIpc) is 2.74. The molecule has 0 radical (unpaired) electrons. The first kappa shape index (κ1) is 14.1. The lowest BCUT2D eigenvalue weighted by atomic mass is 10.3. The summed E-state index contributed by atoms with van der Waals surface area (Å²) >= 11 is 1.80. The van der Waals surface area contributed by atoms with Crippen LogP contribution in [0, 0.1) is 0 Å². The van der Waals surface area contributed by atoms with E-state index in [-0.39, 0.29) is 24.0 Å². The number of amidine groups is 1. The third-order valence-electron chi connectivity index (χ3n) is 3.07. The Morgan fingerprint density at radius 2 is 1.89 bits per heavy atom. The third-order valence-corrected chi connectivity index (χ3v) is 4.14. The van der Waals surface area contributed by atoms with Crippen LogP contribution in [0.1, 0.15) is 0 Å². The fourth-order valence-corrected chi connectivity index (χ4v) is 3.15. The molecular weight excluding hydrogens is 361 g/mol. The van der Waals surface area contributed by atoms with Crippen LogP contribution >= 0.6 is 11.8 Å². The molecule has 0 saturated carbocycles. The number of ether oxygens (including phenoxy) is 1. The van der Waals surface area contributed by atoms with Crippen LogP contribution in [0.25, 0.3) is 0 Å². The number of benzene rings is 1. The maximum Gasteiger partial charge on any atom is 0.226 e. The summed E-state index contributed by atoms with van der Waals surface area (Å²) in [5, 5.41) is 9.20. The topological polar surface area (TPSA) is 33.6 Å². The molecule has 2 heterocycles. The number of nitrogens with zero attached hydrogens (tertiary/aromatic N) is 2. The van der Waals surface area contributed by atoms with Crippen molar-refractivity contribution in [2.24, 2.45) is 5.10 Å². The van der Waals surface area contributed by atoms with Gasteiger partial charge < -0.3 is 34.0 Å². The van der Waals surface area contributed by atoms with Gasteiger partial charge in [-0.1, -0.05) is 23.3 Å². The molecule has 3 rings (SSSR count). The van der Waals surface area contributed by atoms with E-state index in [2.05, 4.69) is 17.4 Å². The molecule has 1 fully saturated rings. The first-order chi connectivity index (χ1) is 8.36. The van der Waals surface area contributed by atoms with Gasteiger partial charge in [-0.05, 0) is 23.9 Å². The Labute approximate surface area is 128 Å². The molecule has 1 aromatic rings. The number of quaternary nitrogens is 1. The predicted molar refractivity (Wildman–Crippen MR) is 70.8 cm³/mol. The van der Waals surface area contributed by atoms with Gasteiger partial charge in [-0.3, -0.25) is 0 Å². The summed E-state index contributed by atoms with van der Waals surface area (Å²) in [6.07, 6.45) is 0. The van der Waals surface area contributed by atoms with Crippen LogP contribution in [0.2, 0.25) is 0 Å². The van der Waals surface area contributed by atoms with Crippen LogP contribution in [0.4, 0.5) is 5.69 Å². The number of nitrogens with one attached hydrogen (secondary N) is 1. The van der Waals surface area contributed by atoms with Gasteiger partial charge in [-0.2, -0.15) is 4.59 Å². The van der Waals surface area contributed by atoms with E-state index >= 15 is 0 Å². The summed E-state index contributed by atoms with van der Waals surface area (Å²) in [4.78, 5) is 0. The third kappa shape index (κ3) is 3.17. The Morgan fingerprint density at radius 1 is 1.17 bits per heavy atom. The molecule has 1 aromatic carbocycles. The summed E-state index contributed by atoms with van der Waals surface area (Å²) in [5.41, 5.74) is 1.10. The van der Waals surface area contributed by atoms with E-state index in [9.17, 15) is 0 Å². The van der Waals surface area contributed by atoms with Gasteiger partial charge in [0.25, 0.3) is 0 Å². The van der Waals surface area contributed by atoms with E-state index in [0.717, 1.165) is 47.6 Å². The van der Waals surface area contributed by atoms with Crippen molar-refractivity contribution in [2.75, 3.05) is 37.5 Å². The van der Waals surface area contributed by atoms with Crippen LogP contribution in [0.5, 0.6) is 0 Å². The number of hydrogen-bond donors (Lipinski definition) is 1. The van der Waals surface area contributed by atoms with E-state index in [1.807, 2.05) is 18.2 Å². The SMILES string of the molecule is [I-].c1ccc(NC2=N[N+]3(CCOCC3)CS2)cc1. The molecule has 98 valence electrons. The number of thioether (sulfide) groups is 1. The molecule has 1 N–H and O–H groups in total. The van der Waals surface area contributed by atoms with Gasteiger partial charge in [0.1, 0.15) is 13.1 Å². The second-order valence-corrected chi connectivity index (χ2v) is 5.26. The molecule has 4 nitrogen and oxygen atoms in total. The number of morpholine rings is 1. The van der Waals surface area contributed by atoms with Gasteiger partial charge >= 0.3 is 0 Å². The summed E-state index contributed by atoms with van der Waals surface area (Å²) in [6, 6.07) is 10.2. The Morgan fingerprint density at radius 3 is 2.61 bits per heavy atom. The van der Waals surface area contributed by atoms with Crippen LogP contribution in [-0.2, 0) is 4.74 Å². The highest BCUT2D eigenvalue weighted by atomic mass is 127. The molecule has 0 atom stereocenters. The number of para-hydroxylation sites is 1. The zero-order chi connectivity index (χ0) is 11.6. The fraction of sp³-hybridized carbons (Fsp3) is 0.417. The number of anilines is 1. The van der Waals surface area contributed by atoms with E-state index in [4.69, 9.17) is 9.84 Å². The molecule has 6 heteroatoms. The van der Waals surface area contributed by atoms with Gasteiger partial charge in [-0.15, -0.1) is 0 Å². The first-order valence-corrected chi connectivity index (χ1v) is 6.84. The van der Waals surface area contributed by atoms with Crippen molar-refractivity contribution < 1.29 is 33.3 Å². The Kier molecular flexibility index (Phi) is 4.88. The van der Waals surface area contributed by atoms with E-state index in [0.29, 0.717) is 0 Å². The van der Waals surface area contributed by atoms with Crippen LogP contribution in [-0.4, -0.2) is 41.9 Å².